The highest BCUT2D eigenvalue weighted by molar-refractivity contribution is 7.90. The summed E-state index contributed by atoms with van der Waals surface area (Å²) in [5.74, 6) is -1.77. The highest BCUT2D eigenvalue weighted by Crippen LogP contribution is 2.31. The number of carbonyl (C=O) groups excluding carboxylic acids is 1. The molecule has 1 aliphatic rings. The molecule has 180 valence electrons. The molecule has 0 bridgehead atoms. The maximum atomic E-state index is 14.5. The van der Waals surface area contributed by atoms with Gasteiger partial charge in [-0.05, 0) is 50.5 Å². The van der Waals surface area contributed by atoms with Gasteiger partial charge in [-0.1, -0.05) is 0 Å². The largest absolute Gasteiger partial charge is 0.491 e. The molecule has 1 amide bonds. The molecule has 0 saturated carbocycles. The van der Waals surface area contributed by atoms with Crippen molar-refractivity contribution in [3.63, 3.8) is 0 Å². The van der Waals surface area contributed by atoms with Crippen molar-refractivity contribution in [3.8, 4) is 5.75 Å². The van der Waals surface area contributed by atoms with E-state index in [9.17, 15) is 30.8 Å². The molecule has 7 nitrogen and oxygen atoms in total. The van der Waals surface area contributed by atoms with Crippen molar-refractivity contribution in [3.05, 3.63) is 53.0 Å². The molecule has 2 aromatic rings. The summed E-state index contributed by atoms with van der Waals surface area (Å²) < 4.78 is 83.5. The number of nitrogens with zero attached hydrogens (tertiary/aromatic N) is 2. The number of benzene rings is 1. The van der Waals surface area contributed by atoms with Crippen molar-refractivity contribution in [1.29, 1.82) is 0 Å². The number of amides is 1. The van der Waals surface area contributed by atoms with E-state index < -0.39 is 39.1 Å². The predicted octanol–water partition coefficient (Wildman–Crippen LogP) is 3.68. The maximum Gasteiger partial charge on any atom is 0.417 e. The molecule has 1 atom stereocenters. The van der Waals surface area contributed by atoms with Crippen molar-refractivity contribution in [1.82, 2.24) is 9.71 Å². The Labute approximate surface area is 188 Å². The van der Waals surface area contributed by atoms with Crippen LogP contribution < -0.4 is 14.4 Å². The Hall–Kier alpha value is -2.89. The highest BCUT2D eigenvalue weighted by atomic mass is 32.2. The Bertz CT molecular complexity index is 1120. The smallest absolute Gasteiger partial charge is 0.417 e. The summed E-state index contributed by atoms with van der Waals surface area (Å²) in [6.07, 6.45) is -2.19. The minimum atomic E-state index is -4.47. The molecule has 1 aliphatic heterocycles. The molecular weight excluding hydrogens is 466 g/mol. The fourth-order valence-electron chi connectivity index (χ4n) is 3.48. The van der Waals surface area contributed by atoms with Gasteiger partial charge < -0.3 is 9.64 Å². The Morgan fingerprint density at radius 2 is 2.03 bits per heavy atom. The third-order valence-electron chi connectivity index (χ3n) is 5.32. The molecule has 3 rings (SSSR count). The first kappa shape index (κ1) is 24.7. The third-order valence-corrected chi connectivity index (χ3v) is 6.57. The van der Waals surface area contributed by atoms with Gasteiger partial charge in [-0.25, -0.2) is 22.5 Å². The number of aryl methyl sites for hydroxylation is 1. The summed E-state index contributed by atoms with van der Waals surface area (Å²) in [5.41, 5.74) is -0.832. The standard InChI is InChI=1S/C21H23F4N3O4S/c1-3-33(30,31)27-20(29)16-9-13(2)18(10-17(16)22)32-12-15-5-4-8-28(15)19-7-6-14(11-26-19)21(23,24)25/h6-7,9-11,15H,3-5,8,12H2,1-2H3,(H,27,29)/t15-/m1/s1. The Morgan fingerprint density at radius 3 is 2.64 bits per heavy atom. The number of hydrogen-bond donors (Lipinski definition) is 1. The zero-order chi connectivity index (χ0) is 24.4. The van der Waals surface area contributed by atoms with Crippen LogP contribution in [0.1, 0.15) is 41.3 Å². The van der Waals surface area contributed by atoms with Crippen LogP contribution in [0.3, 0.4) is 0 Å². The van der Waals surface area contributed by atoms with Gasteiger partial charge in [0.25, 0.3) is 5.91 Å². The van der Waals surface area contributed by atoms with Gasteiger partial charge in [0.05, 0.1) is 22.9 Å². The second-order valence-electron chi connectivity index (χ2n) is 7.64. The lowest BCUT2D eigenvalue weighted by molar-refractivity contribution is -0.137. The maximum absolute atomic E-state index is 14.5. The van der Waals surface area contributed by atoms with Crippen LogP contribution in [0.15, 0.2) is 30.5 Å². The van der Waals surface area contributed by atoms with Crippen molar-refractivity contribution in [2.75, 3.05) is 23.8 Å². The molecule has 33 heavy (non-hydrogen) atoms. The van der Waals surface area contributed by atoms with E-state index in [1.54, 1.807) is 11.6 Å². The Kier molecular flexibility index (Phi) is 7.15. The van der Waals surface area contributed by atoms with Crippen LogP contribution in [0.25, 0.3) is 0 Å². The fraction of sp³-hybridized carbons (Fsp3) is 0.429. The van der Waals surface area contributed by atoms with Crippen LogP contribution in [0.5, 0.6) is 5.75 Å². The first-order valence-electron chi connectivity index (χ1n) is 10.2. The van der Waals surface area contributed by atoms with Crippen molar-refractivity contribution in [2.45, 2.75) is 38.9 Å². The molecule has 1 N–H and O–H groups in total. The summed E-state index contributed by atoms with van der Waals surface area (Å²) in [6.45, 7) is 3.65. The lowest BCUT2D eigenvalue weighted by Crippen LogP contribution is -2.35. The second kappa shape index (κ2) is 9.54. The molecule has 0 radical (unpaired) electrons. The Balaban J connectivity index is 1.70. The number of alkyl halides is 3. The van der Waals surface area contributed by atoms with Gasteiger partial charge in [0.1, 0.15) is 24.0 Å². The van der Waals surface area contributed by atoms with Crippen LogP contribution in [0.4, 0.5) is 23.4 Å². The average molecular weight is 489 g/mol. The summed E-state index contributed by atoms with van der Waals surface area (Å²) in [4.78, 5) is 17.9. The second-order valence-corrected chi connectivity index (χ2v) is 9.65. The van der Waals surface area contributed by atoms with E-state index in [0.717, 1.165) is 24.8 Å². The van der Waals surface area contributed by atoms with Gasteiger partial charge in [-0.15, -0.1) is 0 Å². The van der Waals surface area contributed by atoms with Crippen LogP contribution in [0, 0.1) is 12.7 Å². The lowest BCUT2D eigenvalue weighted by Gasteiger charge is -2.26. The molecular formula is C21H23F4N3O4S. The number of pyridine rings is 1. The summed E-state index contributed by atoms with van der Waals surface area (Å²) in [7, 11) is -3.84. The Morgan fingerprint density at radius 1 is 1.30 bits per heavy atom. The molecule has 1 saturated heterocycles. The minimum Gasteiger partial charge on any atom is -0.491 e. The molecule has 0 spiro atoms. The van der Waals surface area contributed by atoms with Gasteiger partial charge >= 0.3 is 6.18 Å². The van der Waals surface area contributed by atoms with E-state index in [4.69, 9.17) is 4.74 Å². The lowest BCUT2D eigenvalue weighted by atomic mass is 10.1. The molecule has 12 heteroatoms. The van der Waals surface area contributed by atoms with E-state index in [1.807, 2.05) is 4.90 Å². The van der Waals surface area contributed by atoms with Crippen LogP contribution in [0.2, 0.25) is 0 Å². The fourth-order valence-corrected chi connectivity index (χ4v) is 4.02. The van der Waals surface area contributed by atoms with Gasteiger partial charge in [-0.3, -0.25) is 4.79 Å². The number of anilines is 1. The van der Waals surface area contributed by atoms with Gasteiger partial charge in [0, 0.05) is 18.8 Å². The van der Waals surface area contributed by atoms with Crippen molar-refractivity contribution >= 4 is 21.7 Å². The zero-order valence-electron chi connectivity index (χ0n) is 17.9. The summed E-state index contributed by atoms with van der Waals surface area (Å²) >= 11 is 0. The summed E-state index contributed by atoms with van der Waals surface area (Å²) in [6, 6.07) is 4.31. The molecule has 1 fully saturated rings. The molecule has 1 aromatic heterocycles. The predicted molar refractivity (Wildman–Crippen MR) is 113 cm³/mol. The first-order valence-corrected chi connectivity index (χ1v) is 11.8. The quantitative estimate of drug-likeness (QED) is 0.597. The number of ether oxygens (including phenoxy) is 1. The van der Waals surface area contributed by atoms with E-state index in [2.05, 4.69) is 4.98 Å². The van der Waals surface area contributed by atoms with Crippen molar-refractivity contribution in [2.24, 2.45) is 0 Å². The number of hydrogen-bond acceptors (Lipinski definition) is 6. The number of rotatable bonds is 7. The number of nitrogens with one attached hydrogen (secondary N) is 1. The molecule has 1 aromatic carbocycles. The van der Waals surface area contributed by atoms with E-state index in [-0.39, 0.29) is 24.2 Å². The van der Waals surface area contributed by atoms with Crippen LogP contribution in [-0.2, 0) is 16.2 Å². The van der Waals surface area contributed by atoms with E-state index >= 15 is 0 Å². The van der Waals surface area contributed by atoms with Crippen molar-refractivity contribution < 1.29 is 35.5 Å². The molecule has 0 aliphatic carbocycles. The monoisotopic (exact) mass is 489 g/mol. The zero-order valence-corrected chi connectivity index (χ0v) is 18.8. The highest BCUT2D eigenvalue weighted by Gasteiger charge is 2.32. The van der Waals surface area contributed by atoms with Gasteiger partial charge in [0.15, 0.2) is 0 Å². The van der Waals surface area contributed by atoms with E-state index in [0.29, 0.717) is 24.3 Å². The number of sulfonamides is 1. The topological polar surface area (TPSA) is 88.6 Å². The van der Waals surface area contributed by atoms with Crippen LogP contribution in [-0.4, -0.2) is 44.3 Å². The number of aromatic nitrogens is 1. The SMILES string of the molecule is CCS(=O)(=O)NC(=O)c1cc(C)c(OC[C@H]2CCCN2c2ccc(C(F)(F)F)cn2)cc1F. The first-order chi connectivity index (χ1) is 15.4. The normalized spacial score (nSPS) is 16.7. The number of halogens is 4. The summed E-state index contributed by atoms with van der Waals surface area (Å²) in [5, 5.41) is 0. The third kappa shape index (κ3) is 5.92. The van der Waals surface area contributed by atoms with Gasteiger partial charge in [-0.2, -0.15) is 13.2 Å². The average Bonchev–Trinajstić information content (AvgIpc) is 3.21. The minimum absolute atomic E-state index is 0.124. The van der Waals surface area contributed by atoms with Crippen LogP contribution >= 0.6 is 0 Å². The molecule has 0 unspecified atom stereocenters. The number of carbonyl (C=O) groups is 1. The van der Waals surface area contributed by atoms with Gasteiger partial charge in [0.2, 0.25) is 10.0 Å². The van der Waals surface area contributed by atoms with E-state index in [1.165, 1.54) is 19.1 Å². The molecule has 2 heterocycles.